The van der Waals surface area contributed by atoms with Gasteiger partial charge in [0.25, 0.3) is 0 Å². The molecule has 0 aliphatic carbocycles. The average Bonchev–Trinajstić information content (AvgIpc) is 2.71. The summed E-state index contributed by atoms with van der Waals surface area (Å²) in [5.41, 5.74) is 7.60. The Morgan fingerprint density at radius 2 is 2.10 bits per heavy atom. The quantitative estimate of drug-likeness (QED) is 0.904. The molecule has 116 valence electrons. The van der Waals surface area contributed by atoms with Crippen molar-refractivity contribution in [2.45, 2.75) is 43.8 Å². The lowest BCUT2D eigenvalue weighted by atomic mass is 10.0. The molecule has 4 heteroatoms. The van der Waals surface area contributed by atoms with Gasteiger partial charge in [-0.1, -0.05) is 28.1 Å². The zero-order valence-electron chi connectivity index (χ0n) is 12.8. The molecule has 0 saturated carbocycles. The molecule has 2 aliphatic rings. The SMILES string of the molecule is CN1C2CCC1CN(CCC(N)c1cccc(Br)c1)CC2. The lowest BCUT2D eigenvalue weighted by molar-refractivity contribution is 0.215. The van der Waals surface area contributed by atoms with E-state index in [1.165, 1.54) is 37.9 Å². The number of rotatable bonds is 4. The second kappa shape index (κ2) is 6.78. The molecule has 2 fully saturated rings. The zero-order chi connectivity index (χ0) is 14.8. The third-order valence-corrected chi connectivity index (χ3v) is 5.76. The predicted molar refractivity (Wildman–Crippen MR) is 91.3 cm³/mol. The van der Waals surface area contributed by atoms with Crippen LogP contribution in [0.4, 0.5) is 0 Å². The van der Waals surface area contributed by atoms with Crippen molar-refractivity contribution >= 4 is 15.9 Å². The highest BCUT2D eigenvalue weighted by molar-refractivity contribution is 9.10. The van der Waals surface area contributed by atoms with Crippen molar-refractivity contribution in [1.82, 2.24) is 9.80 Å². The molecule has 1 aromatic rings. The van der Waals surface area contributed by atoms with E-state index in [1.54, 1.807) is 0 Å². The molecule has 0 amide bonds. The van der Waals surface area contributed by atoms with Crippen molar-refractivity contribution in [2.75, 3.05) is 26.7 Å². The molecule has 2 saturated heterocycles. The first-order valence-electron chi connectivity index (χ1n) is 8.09. The monoisotopic (exact) mass is 351 g/mol. The van der Waals surface area contributed by atoms with Crippen LogP contribution in [0.15, 0.2) is 28.7 Å². The maximum absolute atomic E-state index is 6.37. The summed E-state index contributed by atoms with van der Waals surface area (Å²) in [5.74, 6) is 0. The molecule has 2 bridgehead atoms. The highest BCUT2D eigenvalue weighted by Crippen LogP contribution is 2.29. The minimum Gasteiger partial charge on any atom is -0.324 e. The van der Waals surface area contributed by atoms with Crippen molar-refractivity contribution in [3.05, 3.63) is 34.3 Å². The average molecular weight is 352 g/mol. The standard InChI is InChI=1S/C17H26BrN3/c1-20-15-5-6-16(20)12-21(9-7-15)10-8-17(19)13-3-2-4-14(18)11-13/h2-4,11,15-17H,5-10,12,19H2,1H3. The summed E-state index contributed by atoms with van der Waals surface area (Å²) in [6, 6.07) is 10.1. The summed E-state index contributed by atoms with van der Waals surface area (Å²) in [6.45, 7) is 3.57. The van der Waals surface area contributed by atoms with E-state index in [9.17, 15) is 0 Å². The van der Waals surface area contributed by atoms with Crippen LogP contribution in [0.5, 0.6) is 0 Å². The Morgan fingerprint density at radius 3 is 2.90 bits per heavy atom. The number of fused-ring (bicyclic) bond motifs is 2. The Kier molecular flexibility index (Phi) is 4.99. The Bertz CT molecular complexity index is 479. The van der Waals surface area contributed by atoms with Gasteiger partial charge in [-0.2, -0.15) is 0 Å². The van der Waals surface area contributed by atoms with Crippen molar-refractivity contribution in [3.63, 3.8) is 0 Å². The number of hydrogen-bond acceptors (Lipinski definition) is 3. The highest BCUT2D eigenvalue weighted by Gasteiger charge is 2.34. The van der Waals surface area contributed by atoms with Crippen LogP contribution < -0.4 is 5.73 Å². The molecule has 3 nitrogen and oxygen atoms in total. The molecule has 3 atom stereocenters. The van der Waals surface area contributed by atoms with Crippen LogP contribution in [0.25, 0.3) is 0 Å². The molecule has 0 radical (unpaired) electrons. The van der Waals surface area contributed by atoms with E-state index in [-0.39, 0.29) is 6.04 Å². The number of nitrogens with zero attached hydrogens (tertiary/aromatic N) is 2. The fraction of sp³-hybridized carbons (Fsp3) is 0.647. The number of likely N-dealkylation sites (N-methyl/N-ethyl adjacent to an activating group) is 1. The fourth-order valence-corrected chi connectivity index (χ4v) is 4.22. The van der Waals surface area contributed by atoms with E-state index in [2.05, 4.69) is 57.0 Å². The third-order valence-electron chi connectivity index (χ3n) is 5.27. The van der Waals surface area contributed by atoms with E-state index >= 15 is 0 Å². The highest BCUT2D eigenvalue weighted by atomic mass is 79.9. The van der Waals surface area contributed by atoms with Crippen LogP contribution in [0.3, 0.4) is 0 Å². The number of likely N-dealkylation sites (tertiary alicyclic amines) is 1. The van der Waals surface area contributed by atoms with Crippen molar-refractivity contribution in [3.8, 4) is 0 Å². The summed E-state index contributed by atoms with van der Waals surface area (Å²) in [4.78, 5) is 5.23. The van der Waals surface area contributed by atoms with E-state index in [1.807, 2.05) is 0 Å². The van der Waals surface area contributed by atoms with Gasteiger partial charge in [-0.15, -0.1) is 0 Å². The molecule has 21 heavy (non-hydrogen) atoms. The Labute approximate surface area is 136 Å². The largest absolute Gasteiger partial charge is 0.324 e. The first-order valence-corrected chi connectivity index (χ1v) is 8.88. The van der Waals surface area contributed by atoms with E-state index in [0.717, 1.165) is 29.5 Å². The van der Waals surface area contributed by atoms with Gasteiger partial charge in [-0.25, -0.2) is 0 Å². The smallest absolute Gasteiger partial charge is 0.0307 e. The molecule has 2 heterocycles. The van der Waals surface area contributed by atoms with Gasteiger partial charge >= 0.3 is 0 Å². The van der Waals surface area contributed by atoms with Crippen molar-refractivity contribution in [2.24, 2.45) is 5.73 Å². The van der Waals surface area contributed by atoms with Crippen LogP contribution in [-0.2, 0) is 0 Å². The maximum atomic E-state index is 6.37. The molecule has 3 unspecified atom stereocenters. The van der Waals surface area contributed by atoms with Gasteiger partial charge in [0, 0.05) is 35.7 Å². The van der Waals surface area contributed by atoms with E-state index in [0.29, 0.717) is 0 Å². The van der Waals surface area contributed by atoms with Gasteiger partial charge in [-0.05, 0) is 57.0 Å². The van der Waals surface area contributed by atoms with Crippen LogP contribution in [-0.4, -0.2) is 48.6 Å². The van der Waals surface area contributed by atoms with Gasteiger partial charge in [0.1, 0.15) is 0 Å². The number of halogens is 1. The van der Waals surface area contributed by atoms with E-state index < -0.39 is 0 Å². The van der Waals surface area contributed by atoms with Crippen molar-refractivity contribution in [1.29, 1.82) is 0 Å². The molecular weight excluding hydrogens is 326 g/mol. The van der Waals surface area contributed by atoms with Crippen LogP contribution in [0.1, 0.15) is 37.3 Å². The van der Waals surface area contributed by atoms with Gasteiger partial charge < -0.3 is 10.6 Å². The molecule has 2 N–H and O–H groups in total. The first kappa shape index (κ1) is 15.5. The molecule has 2 aliphatic heterocycles. The molecule has 3 rings (SSSR count). The predicted octanol–water partition coefficient (Wildman–Crippen LogP) is 3.01. The summed E-state index contributed by atoms with van der Waals surface area (Å²) in [7, 11) is 2.30. The topological polar surface area (TPSA) is 32.5 Å². The molecule has 0 spiro atoms. The lowest BCUT2D eigenvalue weighted by Gasteiger charge is -2.26. The third kappa shape index (κ3) is 3.67. The summed E-state index contributed by atoms with van der Waals surface area (Å²) >= 11 is 3.53. The minimum absolute atomic E-state index is 0.140. The number of hydrogen-bond donors (Lipinski definition) is 1. The molecule has 0 aromatic heterocycles. The second-order valence-electron chi connectivity index (χ2n) is 6.59. The van der Waals surface area contributed by atoms with Crippen molar-refractivity contribution < 1.29 is 0 Å². The molecular formula is C17H26BrN3. The Balaban J connectivity index is 1.53. The second-order valence-corrected chi connectivity index (χ2v) is 7.51. The van der Waals surface area contributed by atoms with Gasteiger partial charge in [0.2, 0.25) is 0 Å². The van der Waals surface area contributed by atoms with Gasteiger partial charge in [-0.3, -0.25) is 4.90 Å². The van der Waals surface area contributed by atoms with Crippen LogP contribution in [0.2, 0.25) is 0 Å². The van der Waals surface area contributed by atoms with Gasteiger partial charge in [0.05, 0.1) is 0 Å². The zero-order valence-corrected chi connectivity index (χ0v) is 14.4. The minimum atomic E-state index is 0.140. The van der Waals surface area contributed by atoms with Crippen LogP contribution in [0, 0.1) is 0 Å². The Morgan fingerprint density at radius 1 is 1.29 bits per heavy atom. The van der Waals surface area contributed by atoms with Gasteiger partial charge in [0.15, 0.2) is 0 Å². The maximum Gasteiger partial charge on any atom is 0.0307 e. The number of benzene rings is 1. The van der Waals surface area contributed by atoms with E-state index in [4.69, 9.17) is 5.73 Å². The summed E-state index contributed by atoms with van der Waals surface area (Å²) < 4.78 is 1.11. The normalized spacial score (nSPS) is 28.5. The summed E-state index contributed by atoms with van der Waals surface area (Å²) in [5, 5.41) is 0. The van der Waals surface area contributed by atoms with Crippen LogP contribution >= 0.6 is 15.9 Å². The fourth-order valence-electron chi connectivity index (χ4n) is 3.81. The number of nitrogens with two attached hydrogens (primary N) is 1. The first-order chi connectivity index (χ1) is 10.1. The Hall–Kier alpha value is -0.420. The molecule has 1 aromatic carbocycles. The summed E-state index contributed by atoms with van der Waals surface area (Å²) in [6.07, 6.45) is 5.12. The lowest BCUT2D eigenvalue weighted by Crippen LogP contribution is -2.37.